The van der Waals surface area contributed by atoms with Gasteiger partial charge in [0.25, 0.3) is 0 Å². The number of nitrogens with zero attached hydrogens (tertiary/aromatic N) is 4. The number of hydrogen-bond acceptors (Lipinski definition) is 4. The number of benzene rings is 1. The molecular formula is C20H22N4S. The fraction of sp³-hybridized carbons (Fsp3) is 0.300. The standard InChI is InChI=1S/C20H22N4S/c1-4-14-7-8-16-18-19(22-24(16)12-11-23(5-2)6-3)15-13-21-10-9-17(15)25-20(14)18/h4,7-10,13H,1,5-6,11-12H2,2-3H3. The lowest BCUT2D eigenvalue weighted by atomic mass is 10.1. The highest BCUT2D eigenvalue weighted by atomic mass is 32.2. The minimum atomic E-state index is 0.894. The summed E-state index contributed by atoms with van der Waals surface area (Å²) in [6.07, 6.45) is 5.72. The third-order valence-corrected chi connectivity index (χ3v) is 6.11. The smallest absolute Gasteiger partial charge is 0.104 e. The Hall–Kier alpha value is -2.11. The van der Waals surface area contributed by atoms with Crippen molar-refractivity contribution in [2.24, 2.45) is 0 Å². The molecule has 1 aliphatic rings. The molecule has 1 aliphatic heterocycles. The minimum absolute atomic E-state index is 0.894. The van der Waals surface area contributed by atoms with E-state index in [-0.39, 0.29) is 0 Å². The quantitative estimate of drug-likeness (QED) is 0.511. The van der Waals surface area contributed by atoms with E-state index in [1.54, 1.807) is 11.8 Å². The maximum atomic E-state index is 4.98. The van der Waals surface area contributed by atoms with Gasteiger partial charge in [-0.15, -0.1) is 0 Å². The molecule has 0 saturated heterocycles. The molecule has 3 aromatic rings. The fourth-order valence-corrected chi connectivity index (χ4v) is 4.60. The summed E-state index contributed by atoms with van der Waals surface area (Å²) < 4.78 is 2.15. The molecule has 4 nitrogen and oxygen atoms in total. The van der Waals surface area contributed by atoms with Gasteiger partial charge >= 0.3 is 0 Å². The summed E-state index contributed by atoms with van der Waals surface area (Å²) in [7, 11) is 0. The Bertz CT molecular complexity index is 940. The minimum Gasteiger partial charge on any atom is -0.302 e. The molecule has 2 aromatic heterocycles. The Morgan fingerprint density at radius 1 is 1.24 bits per heavy atom. The van der Waals surface area contributed by atoms with Crippen LogP contribution < -0.4 is 0 Å². The van der Waals surface area contributed by atoms with Gasteiger partial charge < -0.3 is 4.90 Å². The largest absolute Gasteiger partial charge is 0.302 e. The van der Waals surface area contributed by atoms with Crippen LogP contribution >= 0.6 is 11.8 Å². The van der Waals surface area contributed by atoms with Gasteiger partial charge in [-0.2, -0.15) is 5.10 Å². The Kier molecular flexibility index (Phi) is 4.36. The van der Waals surface area contributed by atoms with E-state index >= 15 is 0 Å². The zero-order valence-electron chi connectivity index (χ0n) is 14.7. The second kappa shape index (κ2) is 6.65. The second-order valence-corrected chi connectivity index (χ2v) is 7.21. The summed E-state index contributed by atoms with van der Waals surface area (Å²) in [5.41, 5.74) is 4.55. The molecule has 5 heteroatoms. The van der Waals surface area contributed by atoms with E-state index in [1.807, 2.05) is 18.5 Å². The van der Waals surface area contributed by atoms with Gasteiger partial charge in [0.15, 0.2) is 0 Å². The van der Waals surface area contributed by atoms with Gasteiger partial charge in [0.05, 0.1) is 12.1 Å². The van der Waals surface area contributed by atoms with Crippen molar-refractivity contribution in [2.75, 3.05) is 19.6 Å². The van der Waals surface area contributed by atoms with Crippen molar-refractivity contribution in [1.29, 1.82) is 0 Å². The van der Waals surface area contributed by atoms with Gasteiger partial charge in [-0.05, 0) is 30.8 Å². The van der Waals surface area contributed by atoms with Crippen LogP contribution in [0.2, 0.25) is 0 Å². The van der Waals surface area contributed by atoms with Gasteiger partial charge in [-0.1, -0.05) is 44.3 Å². The van der Waals surface area contributed by atoms with Crippen molar-refractivity contribution >= 4 is 28.7 Å². The zero-order valence-corrected chi connectivity index (χ0v) is 15.5. The van der Waals surface area contributed by atoms with Crippen molar-refractivity contribution in [3.05, 3.63) is 42.7 Å². The predicted molar refractivity (Wildman–Crippen MR) is 105 cm³/mol. The van der Waals surface area contributed by atoms with E-state index < -0.39 is 0 Å². The summed E-state index contributed by atoms with van der Waals surface area (Å²) in [6.45, 7) is 12.4. The molecule has 25 heavy (non-hydrogen) atoms. The summed E-state index contributed by atoms with van der Waals surface area (Å²) in [6, 6.07) is 6.41. The van der Waals surface area contributed by atoms with E-state index in [9.17, 15) is 0 Å². The molecule has 0 fully saturated rings. The van der Waals surface area contributed by atoms with E-state index in [4.69, 9.17) is 5.10 Å². The molecule has 0 spiro atoms. The molecule has 0 unspecified atom stereocenters. The lowest BCUT2D eigenvalue weighted by Crippen LogP contribution is -2.27. The van der Waals surface area contributed by atoms with Crippen LogP contribution in [0.1, 0.15) is 19.4 Å². The number of aromatic nitrogens is 3. The number of hydrogen-bond donors (Lipinski definition) is 0. The molecule has 4 rings (SSSR count). The number of fused-ring (bicyclic) bond motifs is 2. The van der Waals surface area contributed by atoms with Gasteiger partial charge in [0.2, 0.25) is 0 Å². The van der Waals surface area contributed by atoms with Gasteiger partial charge in [0, 0.05) is 39.7 Å². The molecule has 0 atom stereocenters. The summed E-state index contributed by atoms with van der Waals surface area (Å²) in [4.78, 5) is 9.22. The Labute approximate surface area is 152 Å². The summed E-state index contributed by atoms with van der Waals surface area (Å²) in [5, 5.41) is 6.22. The van der Waals surface area contributed by atoms with Crippen LogP contribution in [0.3, 0.4) is 0 Å². The maximum absolute atomic E-state index is 4.98. The van der Waals surface area contributed by atoms with E-state index in [0.717, 1.165) is 37.4 Å². The number of rotatable bonds is 6. The molecule has 0 amide bonds. The third kappa shape index (κ3) is 2.68. The first-order valence-corrected chi connectivity index (χ1v) is 9.59. The normalized spacial score (nSPS) is 12.6. The van der Waals surface area contributed by atoms with Crippen LogP contribution in [0.25, 0.3) is 28.2 Å². The van der Waals surface area contributed by atoms with Crippen LogP contribution in [-0.2, 0) is 6.54 Å². The van der Waals surface area contributed by atoms with E-state index in [1.165, 1.54) is 26.3 Å². The van der Waals surface area contributed by atoms with Crippen molar-refractivity contribution in [1.82, 2.24) is 19.7 Å². The SMILES string of the molecule is C=Cc1ccc2c3c(nn2CCN(CC)CC)-c2cnccc2Sc13. The van der Waals surface area contributed by atoms with Crippen molar-refractivity contribution in [2.45, 2.75) is 30.2 Å². The van der Waals surface area contributed by atoms with Crippen molar-refractivity contribution < 1.29 is 0 Å². The summed E-state index contributed by atoms with van der Waals surface area (Å²) in [5.74, 6) is 0. The average Bonchev–Trinajstić information content (AvgIpc) is 3.03. The lowest BCUT2D eigenvalue weighted by molar-refractivity contribution is 0.287. The first-order valence-electron chi connectivity index (χ1n) is 8.77. The Morgan fingerprint density at radius 3 is 2.84 bits per heavy atom. The molecular weight excluding hydrogens is 328 g/mol. The van der Waals surface area contributed by atoms with Gasteiger partial charge in [-0.3, -0.25) is 9.67 Å². The Morgan fingerprint density at radius 2 is 2.08 bits per heavy atom. The molecule has 0 aliphatic carbocycles. The van der Waals surface area contributed by atoms with Gasteiger partial charge in [0.1, 0.15) is 5.69 Å². The van der Waals surface area contributed by atoms with Crippen molar-refractivity contribution in [3.63, 3.8) is 0 Å². The molecule has 0 radical (unpaired) electrons. The molecule has 0 bridgehead atoms. The Balaban J connectivity index is 1.87. The third-order valence-electron chi connectivity index (χ3n) is 4.89. The molecule has 3 heterocycles. The van der Waals surface area contributed by atoms with Crippen LogP contribution in [-0.4, -0.2) is 39.3 Å². The topological polar surface area (TPSA) is 34.0 Å². The summed E-state index contributed by atoms with van der Waals surface area (Å²) >= 11 is 1.80. The lowest BCUT2D eigenvalue weighted by Gasteiger charge is -2.18. The van der Waals surface area contributed by atoms with Crippen molar-refractivity contribution in [3.8, 4) is 11.3 Å². The second-order valence-electron chi connectivity index (χ2n) is 6.15. The molecule has 128 valence electrons. The monoisotopic (exact) mass is 350 g/mol. The van der Waals surface area contributed by atoms with Crippen LogP contribution in [0, 0.1) is 0 Å². The van der Waals surface area contributed by atoms with Crippen LogP contribution in [0.15, 0.2) is 47.0 Å². The average molecular weight is 350 g/mol. The predicted octanol–water partition coefficient (Wildman–Crippen LogP) is 4.55. The zero-order chi connectivity index (χ0) is 17.4. The first-order chi connectivity index (χ1) is 12.3. The van der Waals surface area contributed by atoms with E-state index in [2.05, 4.69) is 53.2 Å². The first kappa shape index (κ1) is 16.4. The van der Waals surface area contributed by atoms with Crippen LogP contribution in [0.5, 0.6) is 0 Å². The molecule has 1 aromatic carbocycles. The van der Waals surface area contributed by atoms with E-state index in [0.29, 0.717) is 0 Å². The number of pyridine rings is 1. The maximum Gasteiger partial charge on any atom is 0.104 e. The fourth-order valence-electron chi connectivity index (χ4n) is 3.42. The molecule has 0 saturated carbocycles. The van der Waals surface area contributed by atoms with Gasteiger partial charge in [-0.25, -0.2) is 0 Å². The van der Waals surface area contributed by atoms with Crippen LogP contribution in [0.4, 0.5) is 0 Å². The highest BCUT2D eigenvalue weighted by Crippen LogP contribution is 2.48. The molecule has 0 N–H and O–H groups in total. The highest BCUT2D eigenvalue weighted by molar-refractivity contribution is 7.99. The highest BCUT2D eigenvalue weighted by Gasteiger charge is 2.25. The number of likely N-dealkylation sites (N-methyl/N-ethyl adjacent to an activating group) is 1.